The Hall–Kier alpha value is -0.280. The standard InChI is InChI=1S/C12H16Cl2N2/c13-10-3-2-9(8-11(10)14)12-4-7-16(12)6-1-5-15/h2-3,8,12H,1,4-7,15H2. The third-order valence-corrected chi connectivity index (χ3v) is 3.85. The minimum absolute atomic E-state index is 0.501. The van der Waals surface area contributed by atoms with Crippen LogP contribution in [-0.2, 0) is 0 Å². The normalized spacial score (nSPS) is 20.8. The van der Waals surface area contributed by atoms with Gasteiger partial charge in [0.2, 0.25) is 0 Å². The molecule has 1 atom stereocenters. The minimum atomic E-state index is 0.501. The summed E-state index contributed by atoms with van der Waals surface area (Å²) in [4.78, 5) is 2.44. The summed E-state index contributed by atoms with van der Waals surface area (Å²) in [6, 6.07) is 6.41. The van der Waals surface area contributed by atoms with Crippen LogP contribution in [-0.4, -0.2) is 24.5 Å². The van der Waals surface area contributed by atoms with Crippen molar-refractivity contribution in [2.24, 2.45) is 5.73 Å². The molecule has 88 valence electrons. The topological polar surface area (TPSA) is 29.3 Å². The average molecular weight is 259 g/mol. The zero-order valence-corrected chi connectivity index (χ0v) is 10.6. The Morgan fingerprint density at radius 1 is 1.31 bits per heavy atom. The van der Waals surface area contributed by atoms with E-state index in [-0.39, 0.29) is 0 Å². The Kier molecular flexibility index (Phi) is 4.09. The first kappa shape index (κ1) is 12.2. The van der Waals surface area contributed by atoms with Crippen LogP contribution < -0.4 is 5.73 Å². The molecule has 0 aromatic heterocycles. The monoisotopic (exact) mass is 258 g/mol. The van der Waals surface area contributed by atoms with E-state index >= 15 is 0 Å². The molecule has 0 aliphatic carbocycles. The summed E-state index contributed by atoms with van der Waals surface area (Å²) >= 11 is 11.9. The number of nitrogens with two attached hydrogens (primary N) is 1. The number of hydrogen-bond donors (Lipinski definition) is 1. The Morgan fingerprint density at radius 2 is 2.12 bits per heavy atom. The minimum Gasteiger partial charge on any atom is -0.330 e. The molecule has 1 heterocycles. The molecule has 0 radical (unpaired) electrons. The lowest BCUT2D eigenvalue weighted by Crippen LogP contribution is -2.41. The highest BCUT2D eigenvalue weighted by Gasteiger charge is 2.28. The number of benzene rings is 1. The van der Waals surface area contributed by atoms with Crippen molar-refractivity contribution in [1.29, 1.82) is 0 Å². The first-order valence-corrected chi connectivity index (χ1v) is 6.37. The Balaban J connectivity index is 2.04. The number of likely N-dealkylation sites (tertiary alicyclic amines) is 1. The van der Waals surface area contributed by atoms with Crippen molar-refractivity contribution in [3.05, 3.63) is 33.8 Å². The molecule has 2 rings (SSSR count). The van der Waals surface area contributed by atoms with E-state index in [4.69, 9.17) is 28.9 Å². The van der Waals surface area contributed by atoms with Gasteiger partial charge in [-0.2, -0.15) is 0 Å². The molecule has 4 heteroatoms. The lowest BCUT2D eigenvalue weighted by Gasteiger charge is -2.41. The molecule has 2 N–H and O–H groups in total. The number of halogens is 2. The molecular formula is C12H16Cl2N2. The highest BCUT2D eigenvalue weighted by Crippen LogP contribution is 2.35. The van der Waals surface area contributed by atoms with Gasteiger partial charge < -0.3 is 5.73 Å². The Labute approximate surface area is 106 Å². The second kappa shape index (κ2) is 5.37. The molecule has 0 spiro atoms. The van der Waals surface area contributed by atoms with Gasteiger partial charge in [-0.3, -0.25) is 4.90 Å². The van der Waals surface area contributed by atoms with Crippen molar-refractivity contribution in [3.8, 4) is 0 Å². The van der Waals surface area contributed by atoms with Gasteiger partial charge in [-0.25, -0.2) is 0 Å². The van der Waals surface area contributed by atoms with E-state index in [0.29, 0.717) is 16.1 Å². The molecule has 1 aliphatic rings. The Morgan fingerprint density at radius 3 is 2.69 bits per heavy atom. The second-order valence-electron chi connectivity index (χ2n) is 4.16. The van der Waals surface area contributed by atoms with E-state index in [2.05, 4.69) is 11.0 Å². The summed E-state index contributed by atoms with van der Waals surface area (Å²) in [7, 11) is 0. The van der Waals surface area contributed by atoms with Crippen LogP contribution in [0.5, 0.6) is 0 Å². The molecule has 1 aromatic rings. The van der Waals surface area contributed by atoms with Crippen molar-refractivity contribution in [3.63, 3.8) is 0 Å². The highest BCUT2D eigenvalue weighted by atomic mass is 35.5. The Bertz CT molecular complexity index is 368. The number of rotatable bonds is 4. The van der Waals surface area contributed by atoms with Crippen molar-refractivity contribution in [2.45, 2.75) is 18.9 Å². The van der Waals surface area contributed by atoms with Gasteiger partial charge in [0.05, 0.1) is 10.0 Å². The maximum absolute atomic E-state index is 6.02. The van der Waals surface area contributed by atoms with Gasteiger partial charge in [0.1, 0.15) is 0 Å². The van der Waals surface area contributed by atoms with E-state index in [1.165, 1.54) is 12.0 Å². The van der Waals surface area contributed by atoms with E-state index in [9.17, 15) is 0 Å². The van der Waals surface area contributed by atoms with Crippen molar-refractivity contribution in [2.75, 3.05) is 19.6 Å². The van der Waals surface area contributed by atoms with Gasteiger partial charge in [0.25, 0.3) is 0 Å². The van der Waals surface area contributed by atoms with Gasteiger partial charge in [-0.15, -0.1) is 0 Å². The van der Waals surface area contributed by atoms with Gasteiger partial charge in [0, 0.05) is 12.6 Å². The predicted molar refractivity (Wildman–Crippen MR) is 69.1 cm³/mol. The highest BCUT2D eigenvalue weighted by molar-refractivity contribution is 6.42. The number of hydrogen-bond acceptors (Lipinski definition) is 2. The fourth-order valence-corrected chi connectivity index (χ4v) is 2.41. The van der Waals surface area contributed by atoms with E-state index < -0.39 is 0 Å². The van der Waals surface area contributed by atoms with Gasteiger partial charge in [-0.1, -0.05) is 29.3 Å². The summed E-state index contributed by atoms with van der Waals surface area (Å²) < 4.78 is 0. The van der Waals surface area contributed by atoms with E-state index in [0.717, 1.165) is 26.1 Å². The van der Waals surface area contributed by atoms with Gasteiger partial charge in [-0.05, 0) is 43.6 Å². The third kappa shape index (κ3) is 2.51. The zero-order chi connectivity index (χ0) is 11.5. The summed E-state index contributed by atoms with van der Waals surface area (Å²) in [5, 5.41) is 1.27. The smallest absolute Gasteiger partial charge is 0.0595 e. The molecule has 1 unspecified atom stereocenters. The van der Waals surface area contributed by atoms with Crippen LogP contribution in [0.1, 0.15) is 24.4 Å². The van der Waals surface area contributed by atoms with Crippen LogP contribution in [0.2, 0.25) is 10.0 Å². The summed E-state index contributed by atoms with van der Waals surface area (Å²) in [5.41, 5.74) is 6.78. The van der Waals surface area contributed by atoms with Crippen LogP contribution in [0.15, 0.2) is 18.2 Å². The fraction of sp³-hybridized carbons (Fsp3) is 0.500. The molecule has 1 fully saturated rings. The molecule has 2 nitrogen and oxygen atoms in total. The SMILES string of the molecule is NCCCN1CCC1c1ccc(Cl)c(Cl)c1. The van der Waals surface area contributed by atoms with Gasteiger partial charge >= 0.3 is 0 Å². The first-order chi connectivity index (χ1) is 7.72. The van der Waals surface area contributed by atoms with Crippen LogP contribution >= 0.6 is 23.2 Å². The summed E-state index contributed by atoms with van der Waals surface area (Å²) in [6.07, 6.45) is 2.25. The van der Waals surface area contributed by atoms with Crippen LogP contribution in [0.25, 0.3) is 0 Å². The van der Waals surface area contributed by atoms with Crippen molar-refractivity contribution in [1.82, 2.24) is 4.90 Å². The molecule has 0 amide bonds. The van der Waals surface area contributed by atoms with E-state index in [1.54, 1.807) is 0 Å². The quantitative estimate of drug-likeness (QED) is 0.900. The molecule has 0 saturated carbocycles. The van der Waals surface area contributed by atoms with Gasteiger partial charge in [0.15, 0.2) is 0 Å². The zero-order valence-electron chi connectivity index (χ0n) is 9.13. The predicted octanol–water partition coefficient (Wildman–Crippen LogP) is 3.09. The molecule has 0 bridgehead atoms. The maximum Gasteiger partial charge on any atom is 0.0595 e. The van der Waals surface area contributed by atoms with Crippen molar-refractivity contribution < 1.29 is 0 Å². The second-order valence-corrected chi connectivity index (χ2v) is 4.97. The average Bonchev–Trinajstić information content (AvgIpc) is 2.22. The molecule has 1 aliphatic heterocycles. The lowest BCUT2D eigenvalue weighted by molar-refractivity contribution is 0.0903. The fourth-order valence-electron chi connectivity index (χ4n) is 2.10. The van der Waals surface area contributed by atoms with E-state index in [1.807, 2.05) is 12.1 Å². The summed E-state index contributed by atoms with van der Waals surface area (Å²) in [5.74, 6) is 0. The van der Waals surface area contributed by atoms with Crippen LogP contribution in [0.3, 0.4) is 0 Å². The largest absolute Gasteiger partial charge is 0.330 e. The summed E-state index contributed by atoms with van der Waals surface area (Å²) in [6.45, 7) is 2.98. The number of nitrogens with zero attached hydrogens (tertiary/aromatic N) is 1. The molecule has 1 saturated heterocycles. The van der Waals surface area contributed by atoms with Crippen molar-refractivity contribution >= 4 is 23.2 Å². The lowest BCUT2D eigenvalue weighted by atomic mass is 9.94. The third-order valence-electron chi connectivity index (χ3n) is 3.11. The first-order valence-electron chi connectivity index (χ1n) is 5.61. The van der Waals surface area contributed by atoms with Crippen LogP contribution in [0.4, 0.5) is 0 Å². The molecule has 1 aromatic carbocycles. The molecule has 16 heavy (non-hydrogen) atoms. The maximum atomic E-state index is 6.02. The van der Waals surface area contributed by atoms with Crippen LogP contribution in [0, 0.1) is 0 Å². The molecular weight excluding hydrogens is 243 g/mol.